The lowest BCUT2D eigenvalue weighted by atomic mass is 10.2. The molecule has 1 aromatic rings. The molecule has 0 radical (unpaired) electrons. The van der Waals surface area contributed by atoms with E-state index in [-0.39, 0.29) is 17.6 Å². The maximum atomic E-state index is 11.6. The molecule has 1 aliphatic rings. The molecule has 1 fully saturated rings. The van der Waals surface area contributed by atoms with Crippen LogP contribution in [0.4, 0.5) is 11.4 Å². The fourth-order valence-corrected chi connectivity index (χ4v) is 1.95. The number of anilines is 2. The van der Waals surface area contributed by atoms with E-state index in [1.807, 2.05) is 18.2 Å². The molecule has 90 valence electrons. The Bertz CT molecular complexity index is 448. The molecule has 0 spiro atoms. The van der Waals surface area contributed by atoms with Crippen molar-refractivity contribution in [3.63, 3.8) is 0 Å². The zero-order chi connectivity index (χ0) is 12.3. The van der Waals surface area contributed by atoms with E-state index >= 15 is 0 Å². The molecule has 0 aromatic heterocycles. The van der Waals surface area contributed by atoms with Gasteiger partial charge in [0.25, 0.3) is 0 Å². The van der Waals surface area contributed by atoms with Crippen LogP contribution >= 0.6 is 12.6 Å². The first kappa shape index (κ1) is 12.0. The zero-order valence-corrected chi connectivity index (χ0v) is 10.2. The molecule has 4 nitrogen and oxygen atoms in total. The number of thiol groups is 1. The van der Waals surface area contributed by atoms with Crippen LogP contribution in [0.25, 0.3) is 0 Å². The summed E-state index contributed by atoms with van der Waals surface area (Å²) in [6.45, 7) is 0.753. The van der Waals surface area contributed by atoms with Crippen molar-refractivity contribution in [2.24, 2.45) is 0 Å². The summed E-state index contributed by atoms with van der Waals surface area (Å²) in [5.41, 5.74) is 1.53. The smallest absolute Gasteiger partial charge is 0.234 e. The quantitative estimate of drug-likeness (QED) is 0.802. The normalized spacial score (nSPS) is 15.1. The Morgan fingerprint density at radius 1 is 1.47 bits per heavy atom. The first-order valence-corrected chi connectivity index (χ1v) is 6.15. The number of amides is 2. The minimum atomic E-state index is -0.154. The molecule has 17 heavy (non-hydrogen) atoms. The van der Waals surface area contributed by atoms with Crippen LogP contribution in [-0.2, 0) is 9.59 Å². The summed E-state index contributed by atoms with van der Waals surface area (Å²) < 4.78 is 0. The number of rotatable bonds is 3. The number of hydrogen-bond acceptors (Lipinski definition) is 3. The molecule has 1 heterocycles. The molecule has 0 saturated carbocycles. The Balaban J connectivity index is 2.16. The van der Waals surface area contributed by atoms with Crippen LogP contribution in [0.3, 0.4) is 0 Å². The summed E-state index contributed by atoms with van der Waals surface area (Å²) in [5, 5.41) is 2.72. The van der Waals surface area contributed by atoms with Gasteiger partial charge in [0.2, 0.25) is 11.8 Å². The number of nitrogens with one attached hydrogen (secondary N) is 1. The van der Waals surface area contributed by atoms with Crippen LogP contribution in [0.15, 0.2) is 24.3 Å². The number of carbonyl (C=O) groups is 2. The van der Waals surface area contributed by atoms with E-state index in [0.717, 1.165) is 18.7 Å². The van der Waals surface area contributed by atoms with E-state index in [1.54, 1.807) is 11.0 Å². The van der Waals surface area contributed by atoms with Gasteiger partial charge in [-0.05, 0) is 24.6 Å². The third-order valence-electron chi connectivity index (χ3n) is 2.66. The van der Waals surface area contributed by atoms with Gasteiger partial charge in [-0.3, -0.25) is 9.59 Å². The summed E-state index contributed by atoms with van der Waals surface area (Å²) in [4.78, 5) is 24.5. The Kier molecular flexibility index (Phi) is 3.68. The number of hydrogen-bond donors (Lipinski definition) is 2. The average molecular weight is 250 g/mol. The summed E-state index contributed by atoms with van der Waals surface area (Å²) >= 11 is 3.90. The fourth-order valence-electron chi connectivity index (χ4n) is 1.87. The molecule has 1 saturated heterocycles. The van der Waals surface area contributed by atoms with E-state index in [1.165, 1.54) is 0 Å². The van der Waals surface area contributed by atoms with Gasteiger partial charge in [0.1, 0.15) is 0 Å². The predicted molar refractivity (Wildman–Crippen MR) is 70.5 cm³/mol. The molecule has 1 aliphatic heterocycles. The third-order valence-corrected chi connectivity index (χ3v) is 2.95. The predicted octanol–water partition coefficient (Wildman–Crippen LogP) is 1.68. The molecule has 1 aromatic carbocycles. The Morgan fingerprint density at radius 2 is 2.29 bits per heavy atom. The van der Waals surface area contributed by atoms with E-state index in [4.69, 9.17) is 0 Å². The van der Waals surface area contributed by atoms with Gasteiger partial charge in [-0.25, -0.2) is 0 Å². The van der Waals surface area contributed by atoms with Gasteiger partial charge < -0.3 is 10.2 Å². The summed E-state index contributed by atoms with van der Waals surface area (Å²) in [6, 6.07) is 7.31. The van der Waals surface area contributed by atoms with Crippen molar-refractivity contribution in [3.05, 3.63) is 24.3 Å². The summed E-state index contributed by atoms with van der Waals surface area (Å²) in [6.07, 6.45) is 1.50. The summed E-state index contributed by atoms with van der Waals surface area (Å²) in [7, 11) is 0. The van der Waals surface area contributed by atoms with Crippen molar-refractivity contribution in [1.82, 2.24) is 0 Å². The molecule has 0 aliphatic carbocycles. The van der Waals surface area contributed by atoms with Crippen molar-refractivity contribution >= 4 is 35.8 Å². The van der Waals surface area contributed by atoms with Crippen LogP contribution in [-0.4, -0.2) is 24.1 Å². The minimum absolute atomic E-state index is 0.141. The van der Waals surface area contributed by atoms with Gasteiger partial charge >= 0.3 is 0 Å². The van der Waals surface area contributed by atoms with Gasteiger partial charge in [-0.15, -0.1) is 0 Å². The van der Waals surface area contributed by atoms with Crippen molar-refractivity contribution < 1.29 is 9.59 Å². The van der Waals surface area contributed by atoms with Crippen molar-refractivity contribution in [1.29, 1.82) is 0 Å². The second kappa shape index (κ2) is 5.23. The molecule has 0 bridgehead atoms. The number of benzene rings is 1. The van der Waals surface area contributed by atoms with Gasteiger partial charge in [-0.1, -0.05) is 6.07 Å². The lowest BCUT2D eigenvalue weighted by Gasteiger charge is -2.16. The van der Waals surface area contributed by atoms with Gasteiger partial charge in [0.15, 0.2) is 0 Å². The van der Waals surface area contributed by atoms with Gasteiger partial charge in [0.05, 0.1) is 5.75 Å². The van der Waals surface area contributed by atoms with Crippen LogP contribution in [0.2, 0.25) is 0 Å². The van der Waals surface area contributed by atoms with Crippen molar-refractivity contribution in [2.75, 3.05) is 22.5 Å². The highest BCUT2D eigenvalue weighted by molar-refractivity contribution is 7.81. The van der Waals surface area contributed by atoms with Crippen LogP contribution < -0.4 is 10.2 Å². The topological polar surface area (TPSA) is 49.4 Å². The molecule has 2 amide bonds. The highest BCUT2D eigenvalue weighted by atomic mass is 32.1. The molecule has 2 rings (SSSR count). The van der Waals surface area contributed by atoms with Crippen LogP contribution in [0.5, 0.6) is 0 Å². The lowest BCUT2D eigenvalue weighted by molar-refractivity contribution is -0.117. The minimum Gasteiger partial charge on any atom is -0.325 e. The van der Waals surface area contributed by atoms with E-state index < -0.39 is 0 Å². The molecule has 0 unspecified atom stereocenters. The second-order valence-corrected chi connectivity index (χ2v) is 4.22. The first-order chi connectivity index (χ1) is 8.20. The molecule has 5 heteroatoms. The van der Waals surface area contributed by atoms with Gasteiger partial charge in [-0.2, -0.15) is 12.6 Å². The van der Waals surface area contributed by atoms with Gasteiger partial charge in [0, 0.05) is 24.3 Å². The van der Waals surface area contributed by atoms with Crippen molar-refractivity contribution in [2.45, 2.75) is 12.8 Å². The number of carbonyl (C=O) groups excluding carboxylic acids is 2. The first-order valence-electron chi connectivity index (χ1n) is 5.52. The Labute approximate surface area is 105 Å². The summed E-state index contributed by atoms with van der Waals surface area (Å²) in [5.74, 6) is 0.133. The highest BCUT2D eigenvalue weighted by Gasteiger charge is 2.21. The maximum absolute atomic E-state index is 11.6. The zero-order valence-electron chi connectivity index (χ0n) is 9.35. The van der Waals surface area contributed by atoms with Crippen molar-refractivity contribution in [3.8, 4) is 0 Å². The SMILES string of the molecule is O=C(CS)Nc1cccc(N2CCCC2=O)c1. The monoisotopic (exact) mass is 250 g/mol. The van der Waals surface area contributed by atoms with Crippen LogP contribution in [0.1, 0.15) is 12.8 Å². The molecule has 1 N–H and O–H groups in total. The lowest BCUT2D eigenvalue weighted by Crippen LogP contribution is -2.23. The second-order valence-electron chi connectivity index (χ2n) is 3.91. The van der Waals surface area contributed by atoms with E-state index in [0.29, 0.717) is 12.1 Å². The highest BCUT2D eigenvalue weighted by Crippen LogP contribution is 2.24. The average Bonchev–Trinajstić information content (AvgIpc) is 2.75. The standard InChI is InChI=1S/C12H14N2O2S/c15-11(8-17)13-9-3-1-4-10(7-9)14-6-2-5-12(14)16/h1,3-4,7,17H,2,5-6,8H2,(H,13,15). The van der Waals surface area contributed by atoms with E-state index in [2.05, 4.69) is 17.9 Å². The largest absolute Gasteiger partial charge is 0.325 e. The maximum Gasteiger partial charge on any atom is 0.234 e. The third kappa shape index (κ3) is 2.79. The molecule has 0 atom stereocenters. The van der Waals surface area contributed by atoms with E-state index in [9.17, 15) is 9.59 Å². The van der Waals surface area contributed by atoms with Crippen LogP contribution in [0, 0.1) is 0 Å². The number of nitrogens with zero attached hydrogens (tertiary/aromatic N) is 1. The Hall–Kier alpha value is -1.49. The molecular weight excluding hydrogens is 236 g/mol. The molecular formula is C12H14N2O2S. The Morgan fingerprint density at radius 3 is 2.94 bits per heavy atom. The fraction of sp³-hybridized carbons (Fsp3) is 0.333.